The summed E-state index contributed by atoms with van der Waals surface area (Å²) < 4.78 is 50.8. The number of methoxy groups -OCH3 is 2. The predicted octanol–water partition coefficient (Wildman–Crippen LogP) is 5.42. The quantitative estimate of drug-likeness (QED) is 0.0538. The Balaban J connectivity index is 1.45. The third kappa shape index (κ3) is 13.1. The van der Waals surface area contributed by atoms with Gasteiger partial charge in [-0.3, -0.25) is 0 Å². The Morgan fingerprint density at radius 2 is 0.946 bits per heavy atom. The van der Waals surface area contributed by atoms with E-state index in [-0.39, 0.29) is 32.9 Å². The molecule has 0 spiro atoms. The number of amides is 2. The number of hydrogen-bond donors (Lipinski definition) is 2. The van der Waals surface area contributed by atoms with Crippen molar-refractivity contribution in [2.75, 3.05) is 27.4 Å². The van der Waals surface area contributed by atoms with Crippen molar-refractivity contribution >= 4 is 93.4 Å². The predicted molar refractivity (Wildman–Crippen MR) is 208 cm³/mol. The first-order valence-electron chi connectivity index (χ1n) is 16.2. The van der Waals surface area contributed by atoms with E-state index in [0.717, 1.165) is 12.1 Å². The molecule has 0 aliphatic carbocycles. The number of ether oxygens (including phenoxy) is 4. The zero-order valence-corrected chi connectivity index (χ0v) is 36.1. The van der Waals surface area contributed by atoms with E-state index < -0.39 is 98.5 Å². The van der Waals surface area contributed by atoms with Gasteiger partial charge in [-0.2, -0.15) is 0 Å². The minimum absolute atomic E-state index is 0.0144. The molecule has 4 aromatic carbocycles. The average molecular weight is 1030 g/mol. The zero-order valence-electron chi connectivity index (χ0n) is 29.5. The van der Waals surface area contributed by atoms with Crippen molar-refractivity contribution < 1.29 is 56.5 Å². The van der Waals surface area contributed by atoms with E-state index in [1.165, 1.54) is 62.8 Å². The van der Waals surface area contributed by atoms with Crippen LogP contribution in [-0.2, 0) is 19.1 Å². The van der Waals surface area contributed by atoms with Crippen molar-refractivity contribution in [1.82, 2.24) is 10.6 Å². The number of carbonyl (C=O) groups is 6. The van der Waals surface area contributed by atoms with Gasteiger partial charge in [-0.15, -0.1) is 0 Å². The molecule has 18 heteroatoms. The Morgan fingerprint density at radius 1 is 0.589 bits per heavy atom. The summed E-state index contributed by atoms with van der Waals surface area (Å²) in [5.41, 5.74) is -0.184. The first-order valence-corrected chi connectivity index (χ1v) is 24.6. The van der Waals surface area contributed by atoms with Crippen molar-refractivity contribution in [2.24, 2.45) is 0 Å². The summed E-state index contributed by atoms with van der Waals surface area (Å²) in [6.07, 6.45) is 0. The maximum absolute atomic E-state index is 14.6. The van der Waals surface area contributed by atoms with Gasteiger partial charge in [-0.1, -0.05) is 0 Å². The van der Waals surface area contributed by atoms with E-state index >= 15 is 0 Å². The molecular weight excluding hydrogens is 1000 g/mol. The minimum atomic E-state index is -1.32. The number of carbonyl (C=O) groups excluding carboxylic acids is 6. The number of Topliss-reactive ketones (excluding diaryl/α,β-unsaturated/α-hetero) is 2. The molecule has 2 amide bonds. The molecule has 12 nitrogen and oxygen atoms in total. The van der Waals surface area contributed by atoms with Crippen molar-refractivity contribution in [1.29, 1.82) is 0 Å². The number of nitrogens with one attached hydrogen (secondary N) is 2. The van der Waals surface area contributed by atoms with Crippen molar-refractivity contribution in [3.63, 3.8) is 0 Å². The SMILES string of the molecule is COc1ccc(C(=O)COC(=O)[C@H](C[Se][Se]C[C@H](NC(=O)c2ccc(Br)cc2F)C(=O)OCC(=O)c2ccc(OC)cc2)NC(=O)c2ccc(Br)cc2F)cc1. The molecule has 56 heavy (non-hydrogen) atoms. The molecule has 0 saturated heterocycles. The van der Waals surface area contributed by atoms with E-state index in [2.05, 4.69) is 42.5 Å². The fourth-order valence-electron chi connectivity index (χ4n) is 4.58. The molecule has 0 heterocycles. The van der Waals surface area contributed by atoms with Crippen LogP contribution >= 0.6 is 31.9 Å². The van der Waals surface area contributed by atoms with Gasteiger partial charge in [0.05, 0.1) is 0 Å². The molecule has 0 aliphatic heterocycles. The van der Waals surface area contributed by atoms with E-state index in [0.29, 0.717) is 20.4 Å². The summed E-state index contributed by atoms with van der Waals surface area (Å²) in [5, 5.41) is 4.93. The van der Waals surface area contributed by atoms with Gasteiger partial charge in [-0.25, -0.2) is 0 Å². The molecule has 2 atom stereocenters. The van der Waals surface area contributed by atoms with Crippen LogP contribution in [-0.4, -0.2) is 101 Å². The van der Waals surface area contributed by atoms with Gasteiger partial charge in [0, 0.05) is 0 Å². The Morgan fingerprint density at radius 3 is 1.27 bits per heavy atom. The van der Waals surface area contributed by atoms with Crippen LogP contribution in [0.5, 0.6) is 11.5 Å². The molecule has 0 bridgehead atoms. The number of esters is 2. The van der Waals surface area contributed by atoms with Gasteiger partial charge in [0.2, 0.25) is 0 Å². The van der Waals surface area contributed by atoms with Crippen molar-refractivity contribution in [2.45, 2.75) is 22.7 Å². The van der Waals surface area contributed by atoms with Gasteiger partial charge in [-0.05, 0) is 0 Å². The van der Waals surface area contributed by atoms with E-state index in [1.807, 2.05) is 0 Å². The average Bonchev–Trinajstić information content (AvgIpc) is 3.19. The second-order valence-corrected chi connectivity index (χ2v) is 20.7. The molecule has 4 aromatic rings. The third-order valence-electron chi connectivity index (χ3n) is 7.60. The molecule has 294 valence electrons. The fourth-order valence-corrected chi connectivity index (χ4v) is 12.2. The Labute approximate surface area is 347 Å². The monoisotopic (exact) mass is 1030 g/mol. The number of benzene rings is 4. The van der Waals surface area contributed by atoms with E-state index in [4.69, 9.17) is 18.9 Å². The van der Waals surface area contributed by atoms with Crippen LogP contribution in [0.2, 0.25) is 10.6 Å². The van der Waals surface area contributed by atoms with Crippen molar-refractivity contribution in [3.8, 4) is 11.5 Å². The summed E-state index contributed by atoms with van der Waals surface area (Å²) in [5.74, 6) is -5.44. The summed E-state index contributed by atoms with van der Waals surface area (Å²) in [4.78, 5) is 78.2. The van der Waals surface area contributed by atoms with Crippen molar-refractivity contribution in [3.05, 3.63) is 128 Å². The standard InChI is InChI=1S/C38H32Br2F2N2O10Se2/c1-51-25-9-3-21(4-10-25)33(45)17-53-37(49)31(43-35(47)27-13-7-23(39)15-29(27)41)19-55-56-20-32(44-36(48)28-14-8-24(40)16-30(28)42)38(50)54-18-34(46)22-5-11-26(52-2)12-6-22/h3-16,31-32H,17-20H2,1-2H3,(H,43,47)(H,44,48)/t31-,32-/m0/s1. The van der Waals surface area contributed by atoms with Crippen LogP contribution in [0.15, 0.2) is 93.9 Å². The molecule has 0 unspecified atom stereocenters. The number of ketones is 2. The maximum atomic E-state index is 14.6. The van der Waals surface area contributed by atoms with Crippen LogP contribution in [0.4, 0.5) is 8.78 Å². The second-order valence-electron chi connectivity index (χ2n) is 11.4. The van der Waals surface area contributed by atoms with Crippen LogP contribution in [0.25, 0.3) is 0 Å². The topological polar surface area (TPSA) is 163 Å². The molecule has 0 fully saturated rings. The second kappa shape index (κ2) is 21.8. The van der Waals surface area contributed by atoms with Gasteiger partial charge < -0.3 is 0 Å². The molecule has 0 saturated carbocycles. The molecule has 0 aliphatic rings. The van der Waals surface area contributed by atoms with E-state index in [9.17, 15) is 37.5 Å². The van der Waals surface area contributed by atoms with Gasteiger partial charge >= 0.3 is 350 Å². The summed E-state index contributed by atoms with van der Waals surface area (Å²) >= 11 is 5.25. The normalized spacial score (nSPS) is 11.8. The van der Waals surface area contributed by atoms with Crippen LogP contribution < -0.4 is 20.1 Å². The van der Waals surface area contributed by atoms with Gasteiger partial charge in [0.25, 0.3) is 0 Å². The molecule has 4 rings (SSSR count). The zero-order chi connectivity index (χ0) is 40.8. The number of hydrogen-bond acceptors (Lipinski definition) is 10. The first-order chi connectivity index (χ1) is 26.8. The molecule has 0 radical (unpaired) electrons. The Bertz CT molecular complexity index is 1930. The van der Waals surface area contributed by atoms with Gasteiger partial charge in [0.15, 0.2) is 0 Å². The van der Waals surface area contributed by atoms with Crippen LogP contribution in [0.3, 0.4) is 0 Å². The fraction of sp³-hybridized carbons (Fsp3) is 0.211. The molecular formula is C38H32Br2F2N2O10Se2. The first kappa shape index (κ1) is 44.3. The molecule has 0 aromatic heterocycles. The summed E-state index contributed by atoms with van der Waals surface area (Å²) in [7, 11) is 2.94. The van der Waals surface area contributed by atoms with Crippen LogP contribution in [0, 0.1) is 11.6 Å². The number of rotatable bonds is 19. The van der Waals surface area contributed by atoms with Gasteiger partial charge in [0.1, 0.15) is 0 Å². The van der Waals surface area contributed by atoms with Crippen LogP contribution in [0.1, 0.15) is 41.4 Å². The third-order valence-corrected chi connectivity index (χ3v) is 15.7. The van der Waals surface area contributed by atoms with E-state index in [1.54, 1.807) is 24.3 Å². The Kier molecular flexibility index (Phi) is 17.2. The summed E-state index contributed by atoms with van der Waals surface area (Å²) in [6.45, 7) is -1.30. The summed E-state index contributed by atoms with van der Waals surface area (Å²) in [6, 6.07) is 17.1. The molecule has 2 N–H and O–H groups in total. The number of halogens is 4. The Hall–Kier alpha value is -4.44.